The summed E-state index contributed by atoms with van der Waals surface area (Å²) in [6.45, 7) is 2.29. The van der Waals surface area contributed by atoms with Gasteiger partial charge in [-0.1, -0.05) is 24.3 Å². The third-order valence-corrected chi connectivity index (χ3v) is 4.39. The summed E-state index contributed by atoms with van der Waals surface area (Å²) in [7, 11) is 0. The summed E-state index contributed by atoms with van der Waals surface area (Å²) in [5, 5.41) is 11.8. The maximum absolute atomic E-state index is 12.6. The number of nitrogens with zero attached hydrogens (tertiary/aromatic N) is 2. The highest BCUT2D eigenvalue weighted by Crippen LogP contribution is 2.25. The Labute approximate surface area is 149 Å². The highest BCUT2D eigenvalue weighted by Gasteiger charge is 2.18. The Hall–Kier alpha value is -2.93. The molecule has 2 heterocycles. The molecular formula is C18H18N4O2S. The number of amides is 2. The fourth-order valence-electron chi connectivity index (χ4n) is 2.36. The van der Waals surface area contributed by atoms with Gasteiger partial charge in [0.25, 0.3) is 5.91 Å². The lowest BCUT2D eigenvalue weighted by molar-refractivity contribution is -0.120. The van der Waals surface area contributed by atoms with Gasteiger partial charge >= 0.3 is 0 Å². The largest absolute Gasteiger partial charge is 0.355 e. The molecule has 0 atom stereocenters. The van der Waals surface area contributed by atoms with E-state index in [9.17, 15) is 9.59 Å². The molecule has 0 spiro atoms. The van der Waals surface area contributed by atoms with Gasteiger partial charge in [0.1, 0.15) is 11.4 Å². The van der Waals surface area contributed by atoms with Crippen LogP contribution < -0.4 is 10.6 Å². The number of carbonyl (C=O) groups excluding carboxylic acids is 2. The van der Waals surface area contributed by atoms with Gasteiger partial charge in [0.15, 0.2) is 0 Å². The third-order valence-electron chi connectivity index (χ3n) is 3.50. The molecule has 2 amide bonds. The van der Waals surface area contributed by atoms with Crippen LogP contribution in [0.5, 0.6) is 0 Å². The summed E-state index contributed by atoms with van der Waals surface area (Å²) >= 11 is 1.56. The highest BCUT2D eigenvalue weighted by molar-refractivity contribution is 7.13. The zero-order valence-corrected chi connectivity index (χ0v) is 14.5. The van der Waals surface area contributed by atoms with Crippen LogP contribution in [0.15, 0.2) is 53.9 Å². The van der Waals surface area contributed by atoms with Crippen molar-refractivity contribution in [1.29, 1.82) is 0 Å². The number of para-hydroxylation sites is 1. The lowest BCUT2D eigenvalue weighted by Gasteiger charge is -2.08. The Kier molecular flexibility index (Phi) is 5.25. The number of carbonyl (C=O) groups is 2. The van der Waals surface area contributed by atoms with Crippen molar-refractivity contribution in [3.05, 3.63) is 59.6 Å². The second-order valence-electron chi connectivity index (χ2n) is 5.28. The molecule has 0 radical (unpaired) electrons. The van der Waals surface area contributed by atoms with E-state index in [0.717, 1.165) is 16.3 Å². The standard InChI is InChI=1S/C18H18N4O2S/c1-2-19-17(23)12-20-18(24)15-11-14(16-9-6-10-25-16)21-22(15)13-7-4-3-5-8-13/h3-11H,2,12H2,1H3,(H,19,23)(H,20,24). The van der Waals surface area contributed by atoms with Crippen LogP contribution in [0, 0.1) is 0 Å². The van der Waals surface area contributed by atoms with Crippen LogP contribution in [-0.4, -0.2) is 34.7 Å². The fraction of sp³-hybridized carbons (Fsp3) is 0.167. The van der Waals surface area contributed by atoms with Gasteiger partial charge in [0.05, 0.1) is 17.1 Å². The van der Waals surface area contributed by atoms with E-state index in [1.165, 1.54) is 0 Å². The van der Waals surface area contributed by atoms with Crippen molar-refractivity contribution in [2.45, 2.75) is 6.92 Å². The van der Waals surface area contributed by atoms with Crippen molar-refractivity contribution in [2.24, 2.45) is 0 Å². The van der Waals surface area contributed by atoms with E-state index in [0.29, 0.717) is 12.2 Å². The second kappa shape index (κ2) is 7.76. The number of likely N-dealkylation sites (N-methyl/N-ethyl adjacent to an activating group) is 1. The van der Waals surface area contributed by atoms with Crippen molar-refractivity contribution in [3.8, 4) is 16.3 Å². The number of hydrogen-bond acceptors (Lipinski definition) is 4. The second-order valence-corrected chi connectivity index (χ2v) is 6.22. The van der Waals surface area contributed by atoms with Crippen molar-refractivity contribution < 1.29 is 9.59 Å². The molecule has 6 nitrogen and oxygen atoms in total. The number of hydrogen-bond donors (Lipinski definition) is 2. The number of nitrogens with one attached hydrogen (secondary N) is 2. The van der Waals surface area contributed by atoms with Crippen molar-refractivity contribution in [1.82, 2.24) is 20.4 Å². The fourth-order valence-corrected chi connectivity index (χ4v) is 3.05. The summed E-state index contributed by atoms with van der Waals surface area (Å²) in [6.07, 6.45) is 0. The zero-order valence-electron chi connectivity index (χ0n) is 13.7. The molecule has 0 fully saturated rings. The molecule has 2 aromatic heterocycles. The van der Waals surface area contributed by atoms with E-state index in [1.54, 1.807) is 22.1 Å². The molecule has 0 aliphatic carbocycles. The third kappa shape index (κ3) is 3.95. The van der Waals surface area contributed by atoms with Crippen LogP contribution in [0.2, 0.25) is 0 Å². The van der Waals surface area contributed by atoms with Gasteiger partial charge in [-0.25, -0.2) is 4.68 Å². The molecule has 0 saturated carbocycles. The quantitative estimate of drug-likeness (QED) is 0.714. The maximum Gasteiger partial charge on any atom is 0.270 e. The smallest absolute Gasteiger partial charge is 0.270 e. The number of thiophene rings is 1. The average molecular weight is 354 g/mol. The Morgan fingerprint density at radius 1 is 1.12 bits per heavy atom. The Morgan fingerprint density at radius 3 is 2.60 bits per heavy atom. The predicted octanol–water partition coefficient (Wildman–Crippen LogP) is 2.47. The monoisotopic (exact) mass is 354 g/mol. The van der Waals surface area contributed by atoms with Crippen LogP contribution >= 0.6 is 11.3 Å². The van der Waals surface area contributed by atoms with E-state index in [-0.39, 0.29) is 18.4 Å². The number of rotatable bonds is 6. The first kappa shape index (κ1) is 16.9. The minimum atomic E-state index is -0.342. The highest BCUT2D eigenvalue weighted by atomic mass is 32.1. The van der Waals surface area contributed by atoms with Crippen LogP contribution in [0.1, 0.15) is 17.4 Å². The molecule has 0 saturated heterocycles. The Morgan fingerprint density at radius 2 is 1.92 bits per heavy atom. The molecule has 0 unspecified atom stereocenters. The van der Waals surface area contributed by atoms with Crippen LogP contribution in [0.3, 0.4) is 0 Å². The van der Waals surface area contributed by atoms with Gasteiger partial charge in [-0.3, -0.25) is 9.59 Å². The zero-order chi connectivity index (χ0) is 17.6. The molecule has 128 valence electrons. The molecule has 0 aliphatic rings. The molecule has 3 aromatic rings. The number of aromatic nitrogens is 2. The molecule has 2 N–H and O–H groups in total. The lowest BCUT2D eigenvalue weighted by Crippen LogP contribution is -2.37. The van der Waals surface area contributed by atoms with Crippen molar-refractivity contribution in [3.63, 3.8) is 0 Å². The molecule has 7 heteroatoms. The minimum Gasteiger partial charge on any atom is -0.355 e. The lowest BCUT2D eigenvalue weighted by atomic mass is 10.3. The summed E-state index contributed by atoms with van der Waals surface area (Å²) < 4.78 is 1.60. The van der Waals surface area contributed by atoms with Crippen LogP contribution in [-0.2, 0) is 4.79 Å². The topological polar surface area (TPSA) is 76.0 Å². The maximum atomic E-state index is 12.6. The average Bonchev–Trinajstić information content (AvgIpc) is 3.30. The van der Waals surface area contributed by atoms with Gasteiger partial charge < -0.3 is 10.6 Å². The molecule has 0 aliphatic heterocycles. The predicted molar refractivity (Wildman–Crippen MR) is 97.9 cm³/mol. The van der Waals surface area contributed by atoms with E-state index >= 15 is 0 Å². The van der Waals surface area contributed by atoms with Crippen molar-refractivity contribution in [2.75, 3.05) is 13.1 Å². The van der Waals surface area contributed by atoms with E-state index in [2.05, 4.69) is 15.7 Å². The summed E-state index contributed by atoms with van der Waals surface area (Å²) in [6, 6.07) is 15.1. The van der Waals surface area contributed by atoms with Gasteiger partial charge in [0, 0.05) is 6.54 Å². The van der Waals surface area contributed by atoms with Gasteiger partial charge in [0.2, 0.25) is 5.91 Å². The summed E-state index contributed by atoms with van der Waals surface area (Å²) in [5.74, 6) is -0.564. The summed E-state index contributed by atoms with van der Waals surface area (Å²) in [4.78, 5) is 25.1. The van der Waals surface area contributed by atoms with E-state index in [4.69, 9.17) is 0 Å². The normalized spacial score (nSPS) is 10.4. The minimum absolute atomic E-state index is 0.0685. The van der Waals surface area contributed by atoms with Crippen LogP contribution in [0.25, 0.3) is 16.3 Å². The van der Waals surface area contributed by atoms with Gasteiger partial charge in [-0.2, -0.15) is 5.10 Å². The SMILES string of the molecule is CCNC(=O)CNC(=O)c1cc(-c2cccs2)nn1-c1ccccc1. The van der Waals surface area contributed by atoms with Crippen LogP contribution in [0.4, 0.5) is 0 Å². The molecule has 1 aromatic carbocycles. The van der Waals surface area contributed by atoms with E-state index < -0.39 is 0 Å². The van der Waals surface area contributed by atoms with Gasteiger partial charge in [-0.15, -0.1) is 11.3 Å². The Balaban J connectivity index is 1.91. The van der Waals surface area contributed by atoms with Gasteiger partial charge in [-0.05, 0) is 36.6 Å². The molecule has 3 rings (SSSR count). The first-order chi connectivity index (χ1) is 12.2. The first-order valence-electron chi connectivity index (χ1n) is 7.93. The first-order valence-corrected chi connectivity index (χ1v) is 8.81. The van der Waals surface area contributed by atoms with Crippen molar-refractivity contribution >= 4 is 23.2 Å². The van der Waals surface area contributed by atoms with E-state index in [1.807, 2.05) is 54.8 Å². The molecular weight excluding hydrogens is 336 g/mol. The summed E-state index contributed by atoms with van der Waals surface area (Å²) in [5.41, 5.74) is 1.90. The number of benzene rings is 1. The molecule has 0 bridgehead atoms. The Bertz CT molecular complexity index is 857. The molecule has 25 heavy (non-hydrogen) atoms.